The Labute approximate surface area is 162 Å². The SMILES string of the molecule is CN1CCC(COc2nc(Cc3ccccc3)nc3c2CCNCC3)CC1. The van der Waals surface area contributed by atoms with E-state index in [0.29, 0.717) is 5.92 Å². The van der Waals surface area contributed by atoms with Gasteiger partial charge in [0.1, 0.15) is 5.82 Å². The van der Waals surface area contributed by atoms with Crippen molar-refractivity contribution in [1.82, 2.24) is 20.2 Å². The number of benzene rings is 1. The zero-order valence-electron chi connectivity index (χ0n) is 16.3. The Morgan fingerprint density at radius 3 is 2.67 bits per heavy atom. The Hall–Kier alpha value is -1.98. The van der Waals surface area contributed by atoms with Crippen molar-refractivity contribution >= 4 is 0 Å². The maximum Gasteiger partial charge on any atom is 0.220 e. The van der Waals surface area contributed by atoms with Crippen LogP contribution in [0.4, 0.5) is 0 Å². The molecule has 0 atom stereocenters. The lowest BCUT2D eigenvalue weighted by molar-refractivity contribution is 0.156. The molecule has 5 nitrogen and oxygen atoms in total. The van der Waals surface area contributed by atoms with E-state index in [0.717, 1.165) is 50.7 Å². The lowest BCUT2D eigenvalue weighted by Gasteiger charge is -2.28. The van der Waals surface area contributed by atoms with E-state index in [1.54, 1.807) is 0 Å². The summed E-state index contributed by atoms with van der Waals surface area (Å²) in [6, 6.07) is 10.5. The molecular weight excluding hydrogens is 336 g/mol. The van der Waals surface area contributed by atoms with Gasteiger partial charge in [0.25, 0.3) is 0 Å². The van der Waals surface area contributed by atoms with E-state index in [-0.39, 0.29) is 0 Å². The first kappa shape index (κ1) is 18.4. The van der Waals surface area contributed by atoms with Crippen LogP contribution < -0.4 is 10.1 Å². The summed E-state index contributed by atoms with van der Waals surface area (Å²) in [6.45, 7) is 5.05. The summed E-state index contributed by atoms with van der Waals surface area (Å²) in [5.74, 6) is 2.34. The van der Waals surface area contributed by atoms with Gasteiger partial charge in [-0.25, -0.2) is 4.98 Å². The summed E-state index contributed by atoms with van der Waals surface area (Å²) in [5, 5.41) is 3.47. The molecule has 3 heterocycles. The lowest BCUT2D eigenvalue weighted by atomic mass is 9.98. The molecule has 27 heavy (non-hydrogen) atoms. The van der Waals surface area contributed by atoms with Crippen LogP contribution in [0.1, 0.15) is 35.5 Å². The predicted octanol–water partition coefficient (Wildman–Crippen LogP) is 2.48. The number of rotatable bonds is 5. The number of hydrogen-bond acceptors (Lipinski definition) is 5. The molecule has 0 radical (unpaired) electrons. The largest absolute Gasteiger partial charge is 0.477 e. The van der Waals surface area contributed by atoms with Gasteiger partial charge < -0.3 is 15.0 Å². The molecule has 144 valence electrons. The molecule has 0 saturated carbocycles. The molecule has 0 bridgehead atoms. The molecule has 5 heteroatoms. The first-order valence-electron chi connectivity index (χ1n) is 10.2. The van der Waals surface area contributed by atoms with Crippen LogP contribution >= 0.6 is 0 Å². The number of aromatic nitrogens is 2. The van der Waals surface area contributed by atoms with E-state index in [2.05, 4.69) is 41.5 Å². The lowest BCUT2D eigenvalue weighted by Crippen LogP contribution is -2.32. The van der Waals surface area contributed by atoms with Crippen molar-refractivity contribution < 1.29 is 4.74 Å². The Morgan fingerprint density at radius 2 is 1.85 bits per heavy atom. The fourth-order valence-electron chi connectivity index (χ4n) is 3.96. The second-order valence-electron chi connectivity index (χ2n) is 7.84. The van der Waals surface area contributed by atoms with Crippen LogP contribution in [0.3, 0.4) is 0 Å². The molecule has 2 aromatic rings. The van der Waals surface area contributed by atoms with Gasteiger partial charge in [0, 0.05) is 24.9 Å². The van der Waals surface area contributed by atoms with Crippen LogP contribution in [0.25, 0.3) is 0 Å². The number of nitrogens with zero attached hydrogens (tertiary/aromatic N) is 3. The van der Waals surface area contributed by atoms with Crippen molar-refractivity contribution in [2.75, 3.05) is 39.8 Å². The molecule has 1 saturated heterocycles. The number of ether oxygens (including phenoxy) is 1. The molecule has 2 aliphatic heterocycles. The van der Waals surface area contributed by atoms with Crippen LogP contribution in [0, 0.1) is 5.92 Å². The van der Waals surface area contributed by atoms with E-state index in [4.69, 9.17) is 14.7 Å². The van der Waals surface area contributed by atoms with E-state index >= 15 is 0 Å². The minimum Gasteiger partial charge on any atom is -0.477 e. The monoisotopic (exact) mass is 366 g/mol. The van der Waals surface area contributed by atoms with Gasteiger partial charge in [0.15, 0.2) is 0 Å². The summed E-state index contributed by atoms with van der Waals surface area (Å²) in [6.07, 6.45) is 5.07. The first-order valence-corrected chi connectivity index (χ1v) is 10.2. The quantitative estimate of drug-likeness (QED) is 0.881. The van der Waals surface area contributed by atoms with Gasteiger partial charge >= 0.3 is 0 Å². The maximum absolute atomic E-state index is 6.32. The van der Waals surface area contributed by atoms with Gasteiger partial charge in [0.05, 0.1) is 12.3 Å². The second-order valence-corrected chi connectivity index (χ2v) is 7.84. The first-order chi connectivity index (χ1) is 13.3. The van der Waals surface area contributed by atoms with Gasteiger partial charge in [-0.1, -0.05) is 30.3 Å². The third kappa shape index (κ3) is 4.85. The summed E-state index contributed by atoms with van der Waals surface area (Å²) < 4.78 is 6.32. The van der Waals surface area contributed by atoms with Crippen molar-refractivity contribution in [3.8, 4) is 5.88 Å². The molecule has 1 aromatic heterocycles. The average Bonchev–Trinajstić information content (AvgIpc) is 2.94. The highest BCUT2D eigenvalue weighted by atomic mass is 16.5. The summed E-state index contributed by atoms with van der Waals surface area (Å²) >= 11 is 0. The fraction of sp³-hybridized carbons (Fsp3) is 0.545. The van der Waals surface area contributed by atoms with Crippen LogP contribution in [0.2, 0.25) is 0 Å². The average molecular weight is 367 g/mol. The minimum absolute atomic E-state index is 0.633. The van der Waals surface area contributed by atoms with Gasteiger partial charge in [-0.3, -0.25) is 0 Å². The standard InChI is InChI=1S/C22H30N4O/c1-26-13-9-18(10-14-26)16-27-22-19-7-11-23-12-8-20(19)24-21(25-22)15-17-5-3-2-4-6-17/h2-6,18,23H,7-16H2,1H3. The van der Waals surface area contributed by atoms with E-state index in [9.17, 15) is 0 Å². The Bertz CT molecular complexity index is 741. The molecule has 0 spiro atoms. The van der Waals surface area contributed by atoms with E-state index in [1.165, 1.54) is 42.8 Å². The summed E-state index contributed by atoms with van der Waals surface area (Å²) in [4.78, 5) is 12.1. The Kier molecular flexibility index (Phi) is 6.00. The summed E-state index contributed by atoms with van der Waals surface area (Å²) in [7, 11) is 2.20. The van der Waals surface area contributed by atoms with Crippen molar-refractivity contribution in [3.63, 3.8) is 0 Å². The number of hydrogen-bond donors (Lipinski definition) is 1. The number of nitrogens with one attached hydrogen (secondary N) is 1. The number of likely N-dealkylation sites (tertiary alicyclic amines) is 1. The van der Waals surface area contributed by atoms with E-state index < -0.39 is 0 Å². The topological polar surface area (TPSA) is 50.3 Å². The molecule has 1 aromatic carbocycles. The van der Waals surface area contributed by atoms with Gasteiger partial charge in [-0.05, 0) is 57.4 Å². The van der Waals surface area contributed by atoms with Gasteiger partial charge in [-0.2, -0.15) is 4.98 Å². The Balaban J connectivity index is 1.53. The van der Waals surface area contributed by atoms with Crippen LogP contribution in [-0.2, 0) is 19.3 Å². The molecule has 0 amide bonds. The molecule has 2 aliphatic rings. The molecule has 1 fully saturated rings. The van der Waals surface area contributed by atoms with Crippen molar-refractivity contribution in [2.45, 2.75) is 32.1 Å². The van der Waals surface area contributed by atoms with Crippen LogP contribution in [0.5, 0.6) is 5.88 Å². The fourth-order valence-corrected chi connectivity index (χ4v) is 3.96. The molecule has 0 unspecified atom stereocenters. The minimum atomic E-state index is 0.633. The molecule has 1 N–H and O–H groups in total. The molecular formula is C22H30N4O. The van der Waals surface area contributed by atoms with E-state index in [1.807, 2.05) is 6.07 Å². The third-order valence-corrected chi connectivity index (χ3v) is 5.69. The van der Waals surface area contributed by atoms with Crippen LogP contribution in [-0.4, -0.2) is 54.7 Å². The summed E-state index contributed by atoms with van der Waals surface area (Å²) in [5.41, 5.74) is 3.62. The maximum atomic E-state index is 6.32. The van der Waals surface area contributed by atoms with Crippen molar-refractivity contribution in [2.24, 2.45) is 5.92 Å². The highest BCUT2D eigenvalue weighted by Crippen LogP contribution is 2.25. The van der Waals surface area contributed by atoms with Crippen molar-refractivity contribution in [1.29, 1.82) is 0 Å². The molecule has 4 rings (SSSR count). The Morgan fingerprint density at radius 1 is 1.07 bits per heavy atom. The number of fused-ring (bicyclic) bond motifs is 1. The smallest absolute Gasteiger partial charge is 0.220 e. The number of piperidine rings is 1. The molecule has 0 aliphatic carbocycles. The van der Waals surface area contributed by atoms with Crippen LogP contribution in [0.15, 0.2) is 30.3 Å². The van der Waals surface area contributed by atoms with Gasteiger partial charge in [0.2, 0.25) is 5.88 Å². The zero-order valence-corrected chi connectivity index (χ0v) is 16.3. The van der Waals surface area contributed by atoms with Gasteiger partial charge in [-0.15, -0.1) is 0 Å². The zero-order chi connectivity index (χ0) is 18.5. The second kappa shape index (κ2) is 8.81. The highest BCUT2D eigenvalue weighted by molar-refractivity contribution is 5.34. The third-order valence-electron chi connectivity index (χ3n) is 5.69. The predicted molar refractivity (Wildman–Crippen MR) is 107 cm³/mol. The van der Waals surface area contributed by atoms with Crippen molar-refractivity contribution in [3.05, 3.63) is 53.0 Å². The highest BCUT2D eigenvalue weighted by Gasteiger charge is 2.21. The normalized spacial score (nSPS) is 18.7.